The van der Waals surface area contributed by atoms with Crippen molar-refractivity contribution < 1.29 is 19.7 Å². The predicted molar refractivity (Wildman–Crippen MR) is 123 cm³/mol. The van der Waals surface area contributed by atoms with Gasteiger partial charge in [0, 0.05) is 0 Å². The predicted octanol–water partition coefficient (Wildman–Crippen LogP) is 6.51. The molecule has 0 saturated heterocycles. The normalized spacial score (nSPS) is 11.3. The van der Waals surface area contributed by atoms with Gasteiger partial charge in [0.1, 0.15) is 0 Å². The van der Waals surface area contributed by atoms with Crippen LogP contribution in [0.3, 0.4) is 0 Å². The summed E-state index contributed by atoms with van der Waals surface area (Å²) in [5.74, 6) is 2.73. The lowest BCUT2D eigenvalue weighted by Crippen LogP contribution is -2.02. The molecule has 4 heteroatoms. The van der Waals surface area contributed by atoms with E-state index in [0.29, 0.717) is 36.5 Å². The van der Waals surface area contributed by atoms with Crippen LogP contribution in [0.15, 0.2) is 36.4 Å². The minimum atomic E-state index is 0.217. The molecule has 30 heavy (non-hydrogen) atoms. The number of benzene rings is 2. The molecule has 2 N–H and O–H groups in total. The van der Waals surface area contributed by atoms with E-state index < -0.39 is 0 Å². The molecule has 0 heterocycles. The molecule has 2 rings (SSSR count). The van der Waals surface area contributed by atoms with Gasteiger partial charge >= 0.3 is 0 Å². The number of rotatable bonds is 13. The van der Waals surface area contributed by atoms with Crippen molar-refractivity contribution in [2.24, 2.45) is 11.8 Å². The Bertz CT molecular complexity index is 702. The van der Waals surface area contributed by atoms with Crippen molar-refractivity contribution in [3.63, 3.8) is 0 Å². The lowest BCUT2D eigenvalue weighted by molar-refractivity contribution is 0.276. The fourth-order valence-electron chi connectivity index (χ4n) is 3.15. The zero-order valence-electron chi connectivity index (χ0n) is 19.0. The highest BCUT2D eigenvalue weighted by Gasteiger charge is 2.07. The van der Waals surface area contributed by atoms with Gasteiger partial charge in [-0.05, 0) is 85.8 Å². The second-order valence-electron chi connectivity index (χ2n) is 8.87. The number of hydrogen-bond acceptors (Lipinski definition) is 4. The van der Waals surface area contributed by atoms with Gasteiger partial charge in [0.25, 0.3) is 0 Å². The molecular weight excluding hydrogens is 376 g/mol. The first kappa shape index (κ1) is 23.9. The highest BCUT2D eigenvalue weighted by atomic mass is 16.5. The minimum Gasteiger partial charge on any atom is -0.504 e. The molecule has 0 radical (unpaired) electrons. The van der Waals surface area contributed by atoms with Crippen LogP contribution in [-0.4, -0.2) is 23.4 Å². The fourth-order valence-corrected chi connectivity index (χ4v) is 3.15. The number of ether oxygens (including phenoxy) is 2. The molecule has 0 amide bonds. The first-order valence-electron chi connectivity index (χ1n) is 11.2. The van der Waals surface area contributed by atoms with E-state index in [-0.39, 0.29) is 11.5 Å². The highest BCUT2D eigenvalue weighted by Crippen LogP contribution is 2.29. The number of aryl methyl sites for hydroxylation is 2. The van der Waals surface area contributed by atoms with Gasteiger partial charge in [-0.3, -0.25) is 0 Å². The van der Waals surface area contributed by atoms with Crippen LogP contribution in [0.1, 0.15) is 64.5 Å². The van der Waals surface area contributed by atoms with Crippen molar-refractivity contribution >= 4 is 0 Å². The summed E-state index contributed by atoms with van der Waals surface area (Å²) in [5, 5.41) is 20.3. The number of hydrogen-bond donors (Lipinski definition) is 2. The summed E-state index contributed by atoms with van der Waals surface area (Å²) in [6.45, 7) is 9.87. The van der Waals surface area contributed by atoms with Crippen LogP contribution in [0.25, 0.3) is 0 Å². The molecule has 0 aromatic heterocycles. The maximum Gasteiger partial charge on any atom is 0.160 e. The van der Waals surface area contributed by atoms with Crippen molar-refractivity contribution in [3.05, 3.63) is 47.5 Å². The van der Waals surface area contributed by atoms with Crippen molar-refractivity contribution in [2.75, 3.05) is 13.2 Å². The first-order chi connectivity index (χ1) is 14.3. The zero-order valence-corrected chi connectivity index (χ0v) is 19.0. The number of aromatic hydroxyl groups is 2. The quantitative estimate of drug-likeness (QED) is 0.367. The molecule has 0 bridgehead atoms. The summed E-state index contributed by atoms with van der Waals surface area (Å²) in [5.41, 5.74) is 2.22. The maximum absolute atomic E-state index is 10.2. The molecule has 0 saturated carbocycles. The molecular formula is C26H38O4. The van der Waals surface area contributed by atoms with E-state index in [1.54, 1.807) is 12.1 Å². The van der Waals surface area contributed by atoms with Crippen LogP contribution in [0.4, 0.5) is 0 Å². The van der Waals surface area contributed by atoms with E-state index in [1.807, 2.05) is 24.3 Å². The Morgan fingerprint density at radius 1 is 0.667 bits per heavy atom. The molecule has 0 unspecified atom stereocenters. The van der Waals surface area contributed by atoms with Gasteiger partial charge in [0.05, 0.1) is 13.2 Å². The van der Waals surface area contributed by atoms with Crippen molar-refractivity contribution in [3.8, 4) is 23.0 Å². The van der Waals surface area contributed by atoms with E-state index in [1.165, 1.54) is 0 Å². The molecule has 2 aromatic carbocycles. The standard InChI is InChI=1S/C26H38O4/c1-19(2)13-15-29-25-11-9-21(17-23(25)27)7-5-6-8-22-10-12-26(24(28)18-22)30-16-14-20(3)4/h9-12,17-20,27-28H,5-8,13-16H2,1-4H3. The SMILES string of the molecule is CC(C)CCOc1ccc(CCCCc2ccc(OCCC(C)C)c(O)c2)cc1O. The average molecular weight is 415 g/mol. The second-order valence-corrected chi connectivity index (χ2v) is 8.87. The van der Waals surface area contributed by atoms with Crippen LogP contribution in [0.5, 0.6) is 23.0 Å². The van der Waals surface area contributed by atoms with Gasteiger partial charge in [-0.25, -0.2) is 0 Å². The van der Waals surface area contributed by atoms with Gasteiger partial charge in [0.15, 0.2) is 23.0 Å². The van der Waals surface area contributed by atoms with Gasteiger partial charge in [-0.15, -0.1) is 0 Å². The Morgan fingerprint density at radius 2 is 1.07 bits per heavy atom. The molecule has 0 aliphatic rings. The molecule has 0 fully saturated rings. The molecule has 4 nitrogen and oxygen atoms in total. The minimum absolute atomic E-state index is 0.217. The smallest absolute Gasteiger partial charge is 0.160 e. The first-order valence-corrected chi connectivity index (χ1v) is 11.2. The number of phenolic OH excluding ortho intramolecular Hbond substituents is 2. The Kier molecular flexibility index (Phi) is 9.85. The van der Waals surface area contributed by atoms with E-state index in [4.69, 9.17) is 9.47 Å². The summed E-state index contributed by atoms with van der Waals surface area (Å²) < 4.78 is 11.3. The van der Waals surface area contributed by atoms with Crippen LogP contribution in [0.2, 0.25) is 0 Å². The molecule has 0 aliphatic carbocycles. The third-order valence-electron chi connectivity index (χ3n) is 5.13. The fraction of sp³-hybridized carbons (Fsp3) is 0.538. The Hall–Kier alpha value is -2.36. The zero-order chi connectivity index (χ0) is 21.9. The Labute approximate surface area is 181 Å². The summed E-state index contributed by atoms with van der Waals surface area (Å²) in [6, 6.07) is 11.4. The van der Waals surface area contributed by atoms with E-state index >= 15 is 0 Å². The third kappa shape index (κ3) is 8.56. The highest BCUT2D eigenvalue weighted by molar-refractivity contribution is 5.42. The average Bonchev–Trinajstić information content (AvgIpc) is 2.68. The Balaban J connectivity index is 1.74. The largest absolute Gasteiger partial charge is 0.504 e. The molecule has 2 aromatic rings. The van der Waals surface area contributed by atoms with Gasteiger partial charge in [-0.2, -0.15) is 0 Å². The summed E-state index contributed by atoms with van der Waals surface area (Å²) >= 11 is 0. The summed E-state index contributed by atoms with van der Waals surface area (Å²) in [7, 11) is 0. The number of phenols is 2. The topological polar surface area (TPSA) is 58.9 Å². The van der Waals surface area contributed by atoms with Gasteiger partial charge in [0.2, 0.25) is 0 Å². The third-order valence-corrected chi connectivity index (χ3v) is 5.13. The molecule has 0 aliphatic heterocycles. The van der Waals surface area contributed by atoms with Gasteiger partial charge < -0.3 is 19.7 Å². The lowest BCUT2D eigenvalue weighted by atomic mass is 10.0. The number of unbranched alkanes of at least 4 members (excludes halogenated alkanes) is 1. The summed E-state index contributed by atoms with van der Waals surface area (Å²) in [4.78, 5) is 0. The molecule has 0 atom stereocenters. The summed E-state index contributed by atoms with van der Waals surface area (Å²) in [6.07, 6.45) is 5.79. The monoisotopic (exact) mass is 414 g/mol. The van der Waals surface area contributed by atoms with E-state index in [0.717, 1.165) is 49.7 Å². The van der Waals surface area contributed by atoms with Crippen molar-refractivity contribution in [2.45, 2.75) is 66.2 Å². The van der Waals surface area contributed by atoms with E-state index in [9.17, 15) is 10.2 Å². The van der Waals surface area contributed by atoms with Crippen molar-refractivity contribution in [1.82, 2.24) is 0 Å². The second kappa shape index (κ2) is 12.4. The van der Waals surface area contributed by atoms with Crippen molar-refractivity contribution in [1.29, 1.82) is 0 Å². The van der Waals surface area contributed by atoms with Crippen LogP contribution < -0.4 is 9.47 Å². The van der Waals surface area contributed by atoms with Crippen LogP contribution >= 0.6 is 0 Å². The Morgan fingerprint density at radius 3 is 1.40 bits per heavy atom. The van der Waals surface area contributed by atoms with Crippen LogP contribution in [0, 0.1) is 11.8 Å². The molecule has 0 spiro atoms. The van der Waals surface area contributed by atoms with Gasteiger partial charge in [-0.1, -0.05) is 39.8 Å². The maximum atomic E-state index is 10.2. The lowest BCUT2D eigenvalue weighted by Gasteiger charge is -2.11. The van der Waals surface area contributed by atoms with E-state index in [2.05, 4.69) is 27.7 Å². The molecule has 166 valence electrons. The van der Waals surface area contributed by atoms with Crippen LogP contribution in [-0.2, 0) is 12.8 Å².